The molecule has 0 aliphatic heterocycles. The molecule has 0 saturated carbocycles. The number of aryl methyl sites for hydroxylation is 1. The molecule has 0 atom stereocenters. The molecule has 1 N–H and O–H groups in total. The zero-order chi connectivity index (χ0) is 20.4. The normalized spacial score (nSPS) is 12.5. The van der Waals surface area contributed by atoms with Crippen LogP contribution in [0.2, 0.25) is 0 Å². The minimum Gasteiger partial charge on any atom is -0.497 e. The van der Waals surface area contributed by atoms with Gasteiger partial charge >= 0.3 is 5.63 Å². The van der Waals surface area contributed by atoms with Gasteiger partial charge in [0, 0.05) is 23.1 Å². The SMILES string of the molecule is COc1ccc(NC(=O)COc2ccc3c4c(c(=O)oc3c2)CCC4)c(OC)c1. The molecule has 7 nitrogen and oxygen atoms in total. The molecule has 1 aliphatic rings. The maximum atomic E-state index is 12.3. The third-order valence-electron chi connectivity index (χ3n) is 5.00. The summed E-state index contributed by atoms with van der Waals surface area (Å²) >= 11 is 0. The van der Waals surface area contributed by atoms with Crippen molar-refractivity contribution in [3.63, 3.8) is 0 Å². The van der Waals surface area contributed by atoms with E-state index in [0.717, 1.165) is 35.8 Å². The van der Waals surface area contributed by atoms with E-state index in [4.69, 9.17) is 18.6 Å². The van der Waals surface area contributed by atoms with Gasteiger partial charge in [-0.25, -0.2) is 4.79 Å². The van der Waals surface area contributed by atoms with Crippen molar-refractivity contribution in [3.05, 3.63) is 57.9 Å². The summed E-state index contributed by atoms with van der Waals surface area (Å²) in [5.41, 5.74) is 2.55. The Bertz CT molecular complexity index is 1130. The van der Waals surface area contributed by atoms with Crippen LogP contribution in [-0.4, -0.2) is 26.7 Å². The molecular formula is C22H21NO6. The first-order chi connectivity index (χ1) is 14.1. The van der Waals surface area contributed by atoms with Gasteiger partial charge in [-0.1, -0.05) is 0 Å². The fourth-order valence-electron chi connectivity index (χ4n) is 3.59. The van der Waals surface area contributed by atoms with E-state index in [9.17, 15) is 9.59 Å². The third-order valence-corrected chi connectivity index (χ3v) is 5.00. The average molecular weight is 395 g/mol. The Labute approximate surface area is 167 Å². The van der Waals surface area contributed by atoms with Crippen molar-refractivity contribution in [1.29, 1.82) is 0 Å². The van der Waals surface area contributed by atoms with E-state index >= 15 is 0 Å². The van der Waals surface area contributed by atoms with E-state index in [-0.39, 0.29) is 18.1 Å². The second kappa shape index (κ2) is 7.87. The quantitative estimate of drug-likeness (QED) is 0.645. The lowest BCUT2D eigenvalue weighted by Gasteiger charge is -2.12. The number of hydrogen-bond donors (Lipinski definition) is 1. The smallest absolute Gasteiger partial charge is 0.339 e. The van der Waals surface area contributed by atoms with Crippen molar-refractivity contribution >= 4 is 22.6 Å². The molecule has 1 amide bonds. The molecule has 150 valence electrons. The van der Waals surface area contributed by atoms with Crippen LogP contribution in [0.15, 0.2) is 45.6 Å². The number of methoxy groups -OCH3 is 2. The van der Waals surface area contributed by atoms with Crippen LogP contribution in [0.25, 0.3) is 11.0 Å². The number of anilines is 1. The molecule has 7 heteroatoms. The first-order valence-corrected chi connectivity index (χ1v) is 9.32. The van der Waals surface area contributed by atoms with Gasteiger partial charge in [-0.2, -0.15) is 0 Å². The lowest BCUT2D eigenvalue weighted by molar-refractivity contribution is -0.118. The van der Waals surface area contributed by atoms with E-state index in [0.29, 0.717) is 28.5 Å². The number of carbonyl (C=O) groups is 1. The summed E-state index contributed by atoms with van der Waals surface area (Å²) in [4.78, 5) is 24.4. The molecule has 1 aliphatic carbocycles. The summed E-state index contributed by atoms with van der Waals surface area (Å²) < 4.78 is 21.4. The van der Waals surface area contributed by atoms with Crippen molar-refractivity contribution in [1.82, 2.24) is 0 Å². The molecule has 29 heavy (non-hydrogen) atoms. The van der Waals surface area contributed by atoms with E-state index in [1.807, 2.05) is 6.07 Å². The summed E-state index contributed by atoms with van der Waals surface area (Å²) in [6, 6.07) is 10.4. The molecule has 0 fully saturated rings. The van der Waals surface area contributed by atoms with Crippen LogP contribution in [0.1, 0.15) is 17.5 Å². The number of rotatable bonds is 6. The number of ether oxygens (including phenoxy) is 3. The Morgan fingerprint density at radius 2 is 1.83 bits per heavy atom. The molecule has 3 aromatic rings. The van der Waals surface area contributed by atoms with Gasteiger partial charge in [0.05, 0.1) is 19.9 Å². The standard InChI is InChI=1S/C22H21NO6/c1-26-13-7-9-18(20(10-13)27-2)23-21(24)12-28-14-6-8-16-15-4-3-5-17(15)22(25)29-19(16)11-14/h6-11H,3-5,12H2,1-2H3,(H,23,24). The maximum Gasteiger partial charge on any atom is 0.339 e. The summed E-state index contributed by atoms with van der Waals surface area (Å²) in [6.07, 6.45) is 2.61. The minimum atomic E-state index is -0.344. The van der Waals surface area contributed by atoms with Crippen molar-refractivity contribution in [3.8, 4) is 17.2 Å². The fourth-order valence-corrected chi connectivity index (χ4v) is 3.59. The largest absolute Gasteiger partial charge is 0.497 e. The lowest BCUT2D eigenvalue weighted by Crippen LogP contribution is -2.20. The number of amides is 1. The third kappa shape index (κ3) is 3.76. The predicted molar refractivity (Wildman–Crippen MR) is 108 cm³/mol. The van der Waals surface area contributed by atoms with Crippen LogP contribution in [0.5, 0.6) is 17.2 Å². The highest BCUT2D eigenvalue weighted by Crippen LogP contribution is 2.30. The highest BCUT2D eigenvalue weighted by Gasteiger charge is 2.19. The van der Waals surface area contributed by atoms with Gasteiger partial charge in [0.2, 0.25) is 0 Å². The molecule has 0 spiro atoms. The Hall–Kier alpha value is -3.48. The summed E-state index contributed by atoms with van der Waals surface area (Å²) in [5, 5.41) is 3.67. The molecule has 0 radical (unpaired) electrons. The Morgan fingerprint density at radius 1 is 1.03 bits per heavy atom. The summed E-state index contributed by atoms with van der Waals surface area (Å²) in [5.74, 6) is 1.22. The van der Waals surface area contributed by atoms with E-state index < -0.39 is 0 Å². The number of fused-ring (bicyclic) bond motifs is 3. The van der Waals surface area contributed by atoms with Crippen LogP contribution in [0.4, 0.5) is 5.69 Å². The molecule has 0 saturated heterocycles. The van der Waals surface area contributed by atoms with Crippen molar-refractivity contribution in [2.45, 2.75) is 19.3 Å². The molecule has 1 aromatic heterocycles. The first-order valence-electron chi connectivity index (χ1n) is 9.32. The van der Waals surface area contributed by atoms with Gasteiger partial charge in [-0.15, -0.1) is 0 Å². The molecule has 2 aromatic carbocycles. The number of carbonyl (C=O) groups excluding carboxylic acids is 1. The van der Waals surface area contributed by atoms with E-state index in [1.165, 1.54) is 7.11 Å². The monoisotopic (exact) mass is 395 g/mol. The van der Waals surface area contributed by atoms with Crippen LogP contribution in [-0.2, 0) is 17.6 Å². The van der Waals surface area contributed by atoms with Gasteiger partial charge in [-0.05, 0) is 49.1 Å². The zero-order valence-electron chi connectivity index (χ0n) is 16.2. The van der Waals surface area contributed by atoms with Crippen LogP contribution >= 0.6 is 0 Å². The van der Waals surface area contributed by atoms with Crippen LogP contribution < -0.4 is 25.2 Å². The second-order valence-corrected chi connectivity index (χ2v) is 6.76. The minimum absolute atomic E-state index is 0.199. The maximum absolute atomic E-state index is 12.3. The topological polar surface area (TPSA) is 87.0 Å². The fraction of sp³-hybridized carbons (Fsp3) is 0.273. The van der Waals surface area contributed by atoms with E-state index in [2.05, 4.69) is 5.32 Å². The predicted octanol–water partition coefficient (Wildman–Crippen LogP) is 3.32. The molecule has 0 unspecified atom stereocenters. The first kappa shape index (κ1) is 18.9. The van der Waals surface area contributed by atoms with Gasteiger partial charge in [0.1, 0.15) is 22.8 Å². The number of hydrogen-bond acceptors (Lipinski definition) is 6. The van der Waals surface area contributed by atoms with Crippen LogP contribution in [0, 0.1) is 0 Å². The summed E-state index contributed by atoms with van der Waals surface area (Å²) in [7, 11) is 3.07. The second-order valence-electron chi connectivity index (χ2n) is 6.76. The Kier molecular flexibility index (Phi) is 5.12. The van der Waals surface area contributed by atoms with Gasteiger partial charge in [0.25, 0.3) is 5.91 Å². The number of nitrogens with one attached hydrogen (secondary N) is 1. The molecular weight excluding hydrogens is 374 g/mol. The molecule has 1 heterocycles. The van der Waals surface area contributed by atoms with Gasteiger partial charge in [0.15, 0.2) is 6.61 Å². The Morgan fingerprint density at radius 3 is 2.62 bits per heavy atom. The van der Waals surface area contributed by atoms with Gasteiger partial charge < -0.3 is 23.9 Å². The lowest BCUT2D eigenvalue weighted by atomic mass is 10.1. The van der Waals surface area contributed by atoms with Gasteiger partial charge in [-0.3, -0.25) is 4.79 Å². The average Bonchev–Trinajstić information content (AvgIpc) is 3.23. The zero-order valence-corrected chi connectivity index (χ0v) is 16.2. The van der Waals surface area contributed by atoms with Crippen molar-refractivity contribution < 1.29 is 23.4 Å². The number of benzene rings is 2. The van der Waals surface area contributed by atoms with Crippen molar-refractivity contribution in [2.75, 3.05) is 26.1 Å². The highest BCUT2D eigenvalue weighted by molar-refractivity contribution is 5.93. The van der Waals surface area contributed by atoms with E-state index in [1.54, 1.807) is 37.4 Å². The molecule has 0 bridgehead atoms. The van der Waals surface area contributed by atoms with Crippen LogP contribution in [0.3, 0.4) is 0 Å². The van der Waals surface area contributed by atoms with Crippen molar-refractivity contribution in [2.24, 2.45) is 0 Å². The highest BCUT2D eigenvalue weighted by atomic mass is 16.5. The summed E-state index contributed by atoms with van der Waals surface area (Å²) in [6.45, 7) is -0.199. The Balaban J connectivity index is 1.46. The molecule has 4 rings (SSSR count).